The fraction of sp³-hybridized carbons (Fsp3) is 0.364. The van der Waals surface area contributed by atoms with Crippen LogP contribution in [-0.2, 0) is 27.3 Å². The van der Waals surface area contributed by atoms with Crippen LogP contribution in [0.2, 0.25) is 0 Å². The van der Waals surface area contributed by atoms with Crippen molar-refractivity contribution in [2.45, 2.75) is 26.0 Å². The molecule has 1 heterocycles. The molecule has 2 aromatic carbocycles. The van der Waals surface area contributed by atoms with Gasteiger partial charge in [-0.15, -0.1) is 0 Å². The van der Waals surface area contributed by atoms with Gasteiger partial charge in [-0.25, -0.2) is 0 Å². The molecule has 3 rings (SSSR count). The van der Waals surface area contributed by atoms with Crippen molar-refractivity contribution < 1.29 is 33.3 Å². The van der Waals surface area contributed by atoms with Crippen LogP contribution in [0.25, 0.3) is 0 Å². The molecule has 1 atom stereocenters. The van der Waals surface area contributed by atoms with Crippen molar-refractivity contribution in [1.29, 1.82) is 0 Å². The van der Waals surface area contributed by atoms with Crippen LogP contribution in [0.4, 0.5) is 0 Å². The maximum absolute atomic E-state index is 12.3. The van der Waals surface area contributed by atoms with E-state index >= 15 is 0 Å². The summed E-state index contributed by atoms with van der Waals surface area (Å²) in [4.78, 5) is 24.5. The quantitative estimate of drug-likeness (QED) is 0.661. The van der Waals surface area contributed by atoms with Crippen molar-refractivity contribution in [1.82, 2.24) is 5.32 Å². The first kappa shape index (κ1) is 21.3. The normalized spacial score (nSPS) is 13.2. The number of hydrogen-bond donors (Lipinski definition) is 1. The van der Waals surface area contributed by atoms with E-state index in [9.17, 15) is 9.59 Å². The van der Waals surface area contributed by atoms with Gasteiger partial charge in [0.25, 0.3) is 5.91 Å². The van der Waals surface area contributed by atoms with Gasteiger partial charge in [0.1, 0.15) is 13.2 Å². The van der Waals surface area contributed by atoms with Crippen molar-refractivity contribution in [3.8, 4) is 23.0 Å². The highest BCUT2D eigenvalue weighted by atomic mass is 16.6. The highest BCUT2D eigenvalue weighted by molar-refractivity contribution is 5.84. The smallest absolute Gasteiger partial charge is 0.311 e. The Bertz CT molecular complexity index is 912. The predicted octanol–water partition coefficient (Wildman–Crippen LogP) is 2.27. The van der Waals surface area contributed by atoms with E-state index in [0.717, 1.165) is 11.1 Å². The van der Waals surface area contributed by atoms with Gasteiger partial charge in [0, 0.05) is 6.54 Å². The lowest BCUT2D eigenvalue weighted by Gasteiger charge is -2.19. The Morgan fingerprint density at radius 1 is 0.967 bits per heavy atom. The van der Waals surface area contributed by atoms with Crippen LogP contribution in [0.3, 0.4) is 0 Å². The molecule has 0 unspecified atom stereocenters. The third-order valence-electron chi connectivity index (χ3n) is 4.55. The van der Waals surface area contributed by atoms with Crippen molar-refractivity contribution in [2.24, 2.45) is 0 Å². The number of amides is 1. The van der Waals surface area contributed by atoms with Gasteiger partial charge in [-0.2, -0.15) is 0 Å². The topological polar surface area (TPSA) is 92.3 Å². The van der Waals surface area contributed by atoms with E-state index in [0.29, 0.717) is 36.2 Å². The predicted molar refractivity (Wildman–Crippen MR) is 108 cm³/mol. The number of rotatable bonds is 8. The number of benzene rings is 2. The summed E-state index contributed by atoms with van der Waals surface area (Å²) in [6.45, 7) is 2.78. The maximum Gasteiger partial charge on any atom is 0.311 e. The summed E-state index contributed by atoms with van der Waals surface area (Å²) in [7, 11) is 3.10. The molecule has 0 spiro atoms. The summed E-state index contributed by atoms with van der Waals surface area (Å²) in [6, 6.07) is 10.6. The number of carbonyl (C=O) groups is 2. The maximum atomic E-state index is 12.3. The average Bonchev–Trinajstić information content (AvgIpc) is 2.76. The second-order valence-electron chi connectivity index (χ2n) is 6.69. The van der Waals surface area contributed by atoms with Crippen molar-refractivity contribution in [3.63, 3.8) is 0 Å². The van der Waals surface area contributed by atoms with Gasteiger partial charge in [-0.3, -0.25) is 9.59 Å². The van der Waals surface area contributed by atoms with E-state index in [1.807, 2.05) is 6.07 Å². The Morgan fingerprint density at radius 3 is 2.40 bits per heavy atom. The van der Waals surface area contributed by atoms with Crippen molar-refractivity contribution in [3.05, 3.63) is 47.5 Å². The minimum absolute atomic E-state index is 0.0317. The third kappa shape index (κ3) is 5.34. The molecule has 160 valence electrons. The largest absolute Gasteiger partial charge is 0.493 e. The minimum atomic E-state index is -0.921. The number of nitrogens with one attached hydrogen (secondary N) is 1. The zero-order valence-electron chi connectivity index (χ0n) is 17.2. The molecular formula is C22H25NO7. The van der Waals surface area contributed by atoms with E-state index in [2.05, 4.69) is 5.32 Å². The molecule has 8 nitrogen and oxygen atoms in total. The molecule has 0 aromatic heterocycles. The van der Waals surface area contributed by atoms with Gasteiger partial charge in [0.2, 0.25) is 0 Å². The second-order valence-corrected chi connectivity index (χ2v) is 6.69. The fourth-order valence-electron chi connectivity index (χ4n) is 2.98. The number of ether oxygens (including phenoxy) is 5. The summed E-state index contributed by atoms with van der Waals surface area (Å²) >= 11 is 0. The molecule has 1 amide bonds. The van der Waals surface area contributed by atoms with Crippen LogP contribution >= 0.6 is 0 Å². The van der Waals surface area contributed by atoms with Gasteiger partial charge in [-0.1, -0.05) is 12.1 Å². The van der Waals surface area contributed by atoms with E-state index in [-0.39, 0.29) is 18.9 Å². The van der Waals surface area contributed by atoms with Gasteiger partial charge >= 0.3 is 5.97 Å². The molecule has 0 saturated heterocycles. The zero-order valence-corrected chi connectivity index (χ0v) is 17.2. The third-order valence-corrected chi connectivity index (χ3v) is 4.55. The number of carbonyl (C=O) groups excluding carboxylic acids is 2. The highest BCUT2D eigenvalue weighted by Crippen LogP contribution is 2.31. The van der Waals surface area contributed by atoms with Gasteiger partial charge in [0.15, 0.2) is 29.1 Å². The lowest BCUT2D eigenvalue weighted by atomic mass is 10.1. The lowest BCUT2D eigenvalue weighted by molar-refractivity contribution is -0.154. The Hall–Kier alpha value is -3.42. The molecule has 0 saturated carbocycles. The molecule has 30 heavy (non-hydrogen) atoms. The van der Waals surface area contributed by atoms with E-state index in [1.54, 1.807) is 44.6 Å². The number of hydrogen-bond acceptors (Lipinski definition) is 7. The Morgan fingerprint density at radius 2 is 1.67 bits per heavy atom. The minimum Gasteiger partial charge on any atom is -0.493 e. The van der Waals surface area contributed by atoms with Crippen LogP contribution in [0.5, 0.6) is 23.0 Å². The summed E-state index contributed by atoms with van der Waals surface area (Å²) in [5.41, 5.74) is 1.55. The van der Waals surface area contributed by atoms with Crippen LogP contribution < -0.4 is 24.3 Å². The molecule has 1 N–H and O–H groups in total. The highest BCUT2D eigenvalue weighted by Gasteiger charge is 2.19. The molecular weight excluding hydrogens is 390 g/mol. The zero-order chi connectivity index (χ0) is 21.5. The molecule has 1 aliphatic rings. The molecule has 0 aliphatic carbocycles. The van der Waals surface area contributed by atoms with E-state index in [1.165, 1.54) is 6.92 Å². The Balaban J connectivity index is 1.49. The Kier molecular flexibility index (Phi) is 7.00. The molecule has 1 aliphatic heterocycles. The van der Waals surface area contributed by atoms with E-state index < -0.39 is 12.1 Å². The van der Waals surface area contributed by atoms with Crippen molar-refractivity contribution in [2.75, 3.05) is 27.4 Å². The summed E-state index contributed by atoms with van der Waals surface area (Å²) in [6.07, 6.45) is -0.890. The van der Waals surface area contributed by atoms with E-state index in [4.69, 9.17) is 23.7 Å². The monoisotopic (exact) mass is 415 g/mol. The molecule has 2 aromatic rings. The van der Waals surface area contributed by atoms with Gasteiger partial charge in [0.05, 0.1) is 20.6 Å². The van der Waals surface area contributed by atoms with Gasteiger partial charge < -0.3 is 29.0 Å². The number of methoxy groups -OCH3 is 2. The average molecular weight is 415 g/mol. The molecule has 8 heteroatoms. The molecule has 0 fully saturated rings. The van der Waals surface area contributed by atoms with Crippen LogP contribution in [0, 0.1) is 0 Å². The first-order chi connectivity index (χ1) is 14.5. The summed E-state index contributed by atoms with van der Waals surface area (Å²) in [5.74, 6) is 1.55. The number of esters is 1. The summed E-state index contributed by atoms with van der Waals surface area (Å²) in [5, 5.41) is 2.75. The first-order valence-corrected chi connectivity index (χ1v) is 9.56. The molecule has 0 radical (unpaired) electrons. The number of fused-ring (bicyclic) bond motifs is 1. The Labute approximate surface area is 175 Å². The van der Waals surface area contributed by atoms with Crippen LogP contribution in [0.1, 0.15) is 18.1 Å². The summed E-state index contributed by atoms with van der Waals surface area (Å²) < 4.78 is 26.7. The standard InChI is InChI=1S/C22H25NO7/c1-14(22(25)23-13-16-5-6-17(26-2)19(11-16)27-3)30-21(24)12-15-4-7-18-20(10-15)29-9-8-28-18/h4-7,10-11,14H,8-9,12-13H2,1-3H3,(H,23,25)/t14-/m0/s1. The first-order valence-electron chi connectivity index (χ1n) is 9.56. The van der Waals surface area contributed by atoms with Gasteiger partial charge in [-0.05, 0) is 42.3 Å². The fourth-order valence-corrected chi connectivity index (χ4v) is 2.98. The lowest BCUT2D eigenvalue weighted by Crippen LogP contribution is -2.35. The van der Waals surface area contributed by atoms with Crippen molar-refractivity contribution >= 4 is 11.9 Å². The van der Waals surface area contributed by atoms with Crippen LogP contribution in [0.15, 0.2) is 36.4 Å². The van der Waals surface area contributed by atoms with Crippen LogP contribution in [-0.4, -0.2) is 45.4 Å². The SMILES string of the molecule is COc1ccc(CNC(=O)[C@H](C)OC(=O)Cc2ccc3c(c2)OCCO3)cc1OC. The molecule has 0 bridgehead atoms. The second kappa shape index (κ2) is 9.87.